The average Bonchev–Trinajstić information content (AvgIpc) is 3.37. The van der Waals surface area contributed by atoms with Crippen molar-refractivity contribution in [3.8, 4) is 0 Å². The molecule has 3 amide bonds. The number of aryl methyl sites for hydroxylation is 1. The summed E-state index contributed by atoms with van der Waals surface area (Å²) in [6.45, 7) is 4.61. The fraction of sp³-hybridized carbons (Fsp3) is 0.652. The van der Waals surface area contributed by atoms with Gasteiger partial charge < -0.3 is 26.2 Å². The summed E-state index contributed by atoms with van der Waals surface area (Å²) >= 11 is 0. The van der Waals surface area contributed by atoms with Crippen molar-refractivity contribution >= 4 is 17.6 Å². The number of benzene rings is 1. The van der Waals surface area contributed by atoms with Crippen LogP contribution in [0.1, 0.15) is 49.7 Å². The Hall–Kier alpha value is -2.35. The predicted molar refractivity (Wildman–Crippen MR) is 117 cm³/mol. The molecule has 1 unspecified atom stereocenters. The van der Waals surface area contributed by atoms with Crippen molar-refractivity contribution < 1.29 is 14.0 Å². The molecule has 5 rings (SSSR count). The third kappa shape index (κ3) is 3.97. The van der Waals surface area contributed by atoms with Crippen LogP contribution in [0.2, 0.25) is 0 Å². The number of halogens is 1. The van der Waals surface area contributed by atoms with Crippen molar-refractivity contribution in [3.63, 3.8) is 0 Å². The highest BCUT2D eigenvalue weighted by atomic mass is 19.1. The summed E-state index contributed by atoms with van der Waals surface area (Å²) in [6.07, 6.45) is 6.54. The van der Waals surface area contributed by atoms with Gasteiger partial charge in [0.1, 0.15) is 11.9 Å². The van der Waals surface area contributed by atoms with E-state index in [4.69, 9.17) is 0 Å². The number of hydrogen-bond donors (Lipinski definition) is 4. The van der Waals surface area contributed by atoms with Crippen LogP contribution in [0.5, 0.6) is 0 Å². The second-order valence-electron chi connectivity index (χ2n) is 9.77. The zero-order valence-electron chi connectivity index (χ0n) is 18.1. The first-order valence-corrected chi connectivity index (χ1v) is 11.6. The Morgan fingerprint density at radius 2 is 2.06 bits per heavy atom. The molecule has 3 heterocycles. The molecule has 31 heavy (non-hydrogen) atoms. The third-order valence-electron chi connectivity index (χ3n) is 7.74. The van der Waals surface area contributed by atoms with Gasteiger partial charge in [0.25, 0.3) is 0 Å². The maximum absolute atomic E-state index is 14.2. The van der Waals surface area contributed by atoms with E-state index < -0.39 is 6.04 Å². The number of nitrogens with one attached hydrogen (secondary N) is 4. The van der Waals surface area contributed by atoms with Crippen LogP contribution in [0, 0.1) is 12.7 Å². The maximum atomic E-state index is 14.2. The highest BCUT2D eigenvalue weighted by Crippen LogP contribution is 2.33. The van der Waals surface area contributed by atoms with Gasteiger partial charge >= 0.3 is 6.03 Å². The molecule has 0 radical (unpaired) electrons. The van der Waals surface area contributed by atoms with Crippen LogP contribution in [0.3, 0.4) is 0 Å². The summed E-state index contributed by atoms with van der Waals surface area (Å²) in [6, 6.07) is 3.41. The number of urea groups is 1. The molecule has 8 heteroatoms. The molecule has 4 N–H and O–H groups in total. The van der Waals surface area contributed by atoms with E-state index in [1.807, 2.05) is 6.92 Å². The first-order valence-electron chi connectivity index (χ1n) is 11.6. The molecule has 4 aliphatic rings. The minimum atomic E-state index is -0.403. The van der Waals surface area contributed by atoms with Gasteiger partial charge in [-0.15, -0.1) is 0 Å². The molecule has 1 aromatic carbocycles. The lowest BCUT2D eigenvalue weighted by atomic mass is 9.84. The van der Waals surface area contributed by atoms with Crippen LogP contribution < -0.4 is 21.3 Å². The number of carbonyl (C=O) groups is 2. The van der Waals surface area contributed by atoms with E-state index >= 15 is 0 Å². The minimum Gasteiger partial charge on any atom is -0.373 e. The fourth-order valence-corrected chi connectivity index (χ4v) is 5.85. The Morgan fingerprint density at radius 3 is 2.77 bits per heavy atom. The van der Waals surface area contributed by atoms with Crippen LogP contribution in [-0.4, -0.2) is 60.1 Å². The Balaban J connectivity index is 1.15. The van der Waals surface area contributed by atoms with Crippen LogP contribution in [0.15, 0.2) is 12.1 Å². The molecular weight excluding hydrogens is 397 g/mol. The van der Waals surface area contributed by atoms with Gasteiger partial charge in [0.05, 0.1) is 5.54 Å². The normalized spacial score (nSPS) is 29.7. The second kappa shape index (κ2) is 7.97. The third-order valence-corrected chi connectivity index (χ3v) is 7.74. The lowest BCUT2D eigenvalue weighted by Gasteiger charge is -2.44. The van der Waals surface area contributed by atoms with Crippen molar-refractivity contribution in [1.82, 2.24) is 20.9 Å². The number of carbonyl (C=O) groups excluding carboxylic acids is 2. The summed E-state index contributed by atoms with van der Waals surface area (Å²) in [5, 5.41) is 12.5. The van der Waals surface area contributed by atoms with Gasteiger partial charge in [-0.3, -0.25) is 4.79 Å². The minimum absolute atomic E-state index is 0.0296. The van der Waals surface area contributed by atoms with Gasteiger partial charge in [-0.1, -0.05) is 6.07 Å². The Morgan fingerprint density at radius 1 is 1.26 bits per heavy atom. The molecule has 1 spiro atoms. The second-order valence-corrected chi connectivity index (χ2v) is 9.77. The Labute approximate surface area is 182 Å². The monoisotopic (exact) mass is 429 g/mol. The molecule has 1 aliphatic carbocycles. The van der Waals surface area contributed by atoms with Gasteiger partial charge in [-0.2, -0.15) is 0 Å². The summed E-state index contributed by atoms with van der Waals surface area (Å²) in [7, 11) is 0. The number of hydrogen-bond acceptors (Lipinski definition) is 4. The molecule has 3 atom stereocenters. The van der Waals surface area contributed by atoms with Crippen molar-refractivity contribution in [1.29, 1.82) is 0 Å². The summed E-state index contributed by atoms with van der Waals surface area (Å²) < 4.78 is 14.2. The highest BCUT2D eigenvalue weighted by molar-refractivity contribution is 5.88. The number of likely N-dealkylation sites (tertiary alicyclic amines) is 1. The molecule has 0 aromatic heterocycles. The van der Waals surface area contributed by atoms with E-state index in [0.717, 1.165) is 69.4 Å². The highest BCUT2D eigenvalue weighted by Gasteiger charge is 2.42. The smallest absolute Gasteiger partial charge is 0.315 e. The molecule has 1 aromatic rings. The standard InChI is InChI=1S/C23H32FN5O2/c1-14-5-6-18(24)17-12-19(27-20(14)17)21(30)26-15-3-2-4-16(11-15)29-9-7-23(8-10-29)13-25-22(31)28-23/h5-6,15-16,19,27H,2-4,7-13H2,1H3,(H,26,30)(H2,25,28,31)/t15-,16+,19?/m1/s1. The summed E-state index contributed by atoms with van der Waals surface area (Å²) in [4.78, 5) is 27.0. The maximum Gasteiger partial charge on any atom is 0.315 e. The van der Waals surface area contributed by atoms with E-state index in [1.54, 1.807) is 6.07 Å². The molecule has 0 bridgehead atoms. The topological polar surface area (TPSA) is 85.5 Å². The van der Waals surface area contributed by atoms with E-state index in [-0.39, 0.29) is 29.3 Å². The summed E-state index contributed by atoms with van der Waals surface area (Å²) in [5.74, 6) is -0.268. The van der Waals surface area contributed by atoms with Gasteiger partial charge in [0.2, 0.25) is 5.91 Å². The van der Waals surface area contributed by atoms with Crippen LogP contribution in [0.25, 0.3) is 0 Å². The fourth-order valence-electron chi connectivity index (χ4n) is 5.85. The van der Waals surface area contributed by atoms with Crippen LogP contribution >= 0.6 is 0 Å². The lowest BCUT2D eigenvalue weighted by Crippen LogP contribution is -2.56. The van der Waals surface area contributed by atoms with Gasteiger partial charge in [0, 0.05) is 49.4 Å². The van der Waals surface area contributed by atoms with Crippen molar-refractivity contribution in [2.75, 3.05) is 25.0 Å². The molecular formula is C23H32FN5O2. The lowest BCUT2D eigenvalue weighted by molar-refractivity contribution is -0.122. The Bertz CT molecular complexity index is 852. The SMILES string of the molecule is Cc1ccc(F)c2c1NC(C(=O)N[C@@H]1CCC[C@H](N3CCC4(CC3)CNC(=O)N4)C1)C2. The molecule has 1 saturated carbocycles. The first kappa shape index (κ1) is 20.5. The van der Waals surface area contributed by atoms with E-state index in [2.05, 4.69) is 26.2 Å². The first-order chi connectivity index (χ1) is 14.9. The van der Waals surface area contributed by atoms with E-state index in [1.165, 1.54) is 6.07 Å². The van der Waals surface area contributed by atoms with Crippen molar-refractivity contribution in [3.05, 3.63) is 29.1 Å². The summed E-state index contributed by atoms with van der Waals surface area (Å²) in [5.41, 5.74) is 2.29. The number of piperidine rings is 1. The van der Waals surface area contributed by atoms with Gasteiger partial charge in [-0.25, -0.2) is 9.18 Å². The number of fused-ring (bicyclic) bond motifs is 1. The van der Waals surface area contributed by atoms with Gasteiger partial charge in [-0.05, 0) is 57.1 Å². The zero-order chi connectivity index (χ0) is 21.6. The molecule has 2 saturated heterocycles. The van der Waals surface area contributed by atoms with Crippen molar-refractivity contribution in [2.45, 2.75) is 75.5 Å². The molecule has 7 nitrogen and oxygen atoms in total. The number of anilines is 1. The Kier molecular flexibility index (Phi) is 5.28. The van der Waals surface area contributed by atoms with Crippen LogP contribution in [0.4, 0.5) is 14.9 Å². The van der Waals surface area contributed by atoms with E-state index in [9.17, 15) is 14.0 Å². The molecule has 3 fully saturated rings. The largest absolute Gasteiger partial charge is 0.373 e. The zero-order valence-corrected chi connectivity index (χ0v) is 18.1. The number of nitrogens with zero attached hydrogens (tertiary/aromatic N) is 1. The molecule has 168 valence electrons. The van der Waals surface area contributed by atoms with E-state index in [0.29, 0.717) is 18.0 Å². The quantitative estimate of drug-likeness (QED) is 0.593. The number of rotatable bonds is 3. The molecule has 3 aliphatic heterocycles. The van der Waals surface area contributed by atoms with Crippen LogP contribution in [-0.2, 0) is 11.2 Å². The average molecular weight is 430 g/mol. The number of amides is 3. The predicted octanol–water partition coefficient (Wildman–Crippen LogP) is 2.05. The van der Waals surface area contributed by atoms with Gasteiger partial charge in [0.15, 0.2) is 0 Å². The van der Waals surface area contributed by atoms with Crippen molar-refractivity contribution in [2.24, 2.45) is 0 Å².